The predicted octanol–water partition coefficient (Wildman–Crippen LogP) is 5.78. The van der Waals surface area contributed by atoms with Crippen LogP contribution in [0, 0.1) is 18.2 Å². The summed E-state index contributed by atoms with van der Waals surface area (Å²) in [5.74, 6) is 2.09. The zero-order valence-corrected chi connectivity index (χ0v) is 17.9. The molecular weight excluding hydrogens is 389 g/mol. The summed E-state index contributed by atoms with van der Waals surface area (Å²) in [4.78, 5) is 14.7. The Labute approximate surface area is 184 Å². The molecule has 0 saturated heterocycles. The van der Waals surface area contributed by atoms with Gasteiger partial charge in [-0.25, -0.2) is 4.39 Å². The number of unbranched alkanes of at least 4 members (excludes halogenated alkanes) is 1. The van der Waals surface area contributed by atoms with Crippen molar-refractivity contribution in [3.63, 3.8) is 0 Å². The van der Waals surface area contributed by atoms with Crippen molar-refractivity contribution in [1.82, 2.24) is 0 Å². The number of anilines is 1. The fourth-order valence-corrected chi connectivity index (χ4v) is 3.66. The summed E-state index contributed by atoms with van der Waals surface area (Å²) in [5, 5.41) is 0. The van der Waals surface area contributed by atoms with Crippen LogP contribution in [0.15, 0.2) is 72.8 Å². The molecule has 0 saturated carbocycles. The summed E-state index contributed by atoms with van der Waals surface area (Å²) >= 11 is 0. The molecule has 0 heterocycles. The van der Waals surface area contributed by atoms with Gasteiger partial charge in [0.25, 0.3) is 0 Å². The molecule has 4 heteroatoms. The van der Waals surface area contributed by atoms with Crippen LogP contribution >= 0.6 is 0 Å². The number of nitrogens with zero attached hydrogens (tertiary/aromatic N) is 1. The molecule has 1 aliphatic carbocycles. The summed E-state index contributed by atoms with van der Waals surface area (Å²) in [7, 11) is 0. The van der Waals surface area contributed by atoms with Gasteiger partial charge in [0, 0.05) is 18.5 Å². The highest BCUT2D eigenvalue weighted by atomic mass is 19.1. The van der Waals surface area contributed by atoms with Crippen molar-refractivity contribution < 1.29 is 13.9 Å². The molecule has 3 nitrogen and oxygen atoms in total. The highest BCUT2D eigenvalue weighted by Crippen LogP contribution is 2.32. The average Bonchev–Trinajstić information content (AvgIpc) is 2.81. The van der Waals surface area contributed by atoms with E-state index in [1.165, 1.54) is 12.1 Å². The Kier molecular flexibility index (Phi) is 7.81. The van der Waals surface area contributed by atoms with E-state index in [-0.39, 0.29) is 24.9 Å². The van der Waals surface area contributed by atoms with Crippen LogP contribution in [0.3, 0.4) is 0 Å². The van der Waals surface area contributed by atoms with E-state index >= 15 is 0 Å². The van der Waals surface area contributed by atoms with Crippen molar-refractivity contribution in [2.45, 2.75) is 38.2 Å². The first-order valence-corrected chi connectivity index (χ1v) is 10.6. The van der Waals surface area contributed by atoms with E-state index in [1.807, 2.05) is 37.3 Å². The highest BCUT2D eigenvalue weighted by Gasteiger charge is 2.34. The topological polar surface area (TPSA) is 29.5 Å². The Morgan fingerprint density at radius 3 is 2.68 bits per heavy atom. The van der Waals surface area contributed by atoms with Crippen molar-refractivity contribution in [1.29, 1.82) is 0 Å². The standard InChI is InChI=1S/C27H28FNO2/c1-3-5-14-26(30)29(25-13-9-12-24(28)20-25)21-27(31-19-4-2)17-15-23(16-18-27)22-10-7-6-8-11-22/h2,6-13,15-17,20H,3,5,14,18-19,21H2,1H3. The second kappa shape index (κ2) is 10.7. The third-order valence-corrected chi connectivity index (χ3v) is 5.38. The van der Waals surface area contributed by atoms with Crippen molar-refractivity contribution in [2.24, 2.45) is 0 Å². The molecule has 0 radical (unpaired) electrons. The summed E-state index contributed by atoms with van der Waals surface area (Å²) in [6.07, 6.45) is 14.2. The Bertz CT molecular complexity index is 990. The molecule has 0 fully saturated rings. The molecule has 0 spiro atoms. The lowest BCUT2D eigenvalue weighted by molar-refractivity contribution is -0.119. The molecule has 0 N–H and O–H groups in total. The minimum Gasteiger partial charge on any atom is -0.356 e. The number of amides is 1. The second-order valence-electron chi connectivity index (χ2n) is 7.68. The molecule has 2 aromatic rings. The monoisotopic (exact) mass is 417 g/mol. The van der Waals surface area contributed by atoms with Gasteiger partial charge in [0.05, 0.1) is 6.54 Å². The number of carbonyl (C=O) groups excluding carboxylic acids is 1. The number of benzene rings is 2. The predicted molar refractivity (Wildman–Crippen MR) is 124 cm³/mol. The number of terminal acetylenes is 1. The van der Waals surface area contributed by atoms with Gasteiger partial charge < -0.3 is 9.64 Å². The summed E-state index contributed by atoms with van der Waals surface area (Å²) in [6.45, 7) is 2.42. The normalized spacial score (nSPS) is 17.6. The van der Waals surface area contributed by atoms with E-state index in [0.717, 1.165) is 24.0 Å². The largest absolute Gasteiger partial charge is 0.356 e. The zero-order chi connectivity index (χ0) is 22.1. The molecule has 0 aromatic heterocycles. The minimum atomic E-state index is -0.779. The van der Waals surface area contributed by atoms with Gasteiger partial charge in [0.15, 0.2) is 0 Å². The Morgan fingerprint density at radius 2 is 2.03 bits per heavy atom. The van der Waals surface area contributed by atoms with Crippen LogP contribution in [-0.4, -0.2) is 24.7 Å². The van der Waals surface area contributed by atoms with E-state index in [9.17, 15) is 9.18 Å². The smallest absolute Gasteiger partial charge is 0.227 e. The fourth-order valence-electron chi connectivity index (χ4n) is 3.66. The molecular formula is C27H28FNO2. The van der Waals surface area contributed by atoms with Crippen LogP contribution in [0.25, 0.3) is 5.57 Å². The number of allylic oxidation sites excluding steroid dienone is 2. The third-order valence-electron chi connectivity index (χ3n) is 5.38. The quantitative estimate of drug-likeness (QED) is 0.484. The zero-order valence-electron chi connectivity index (χ0n) is 17.9. The summed E-state index contributed by atoms with van der Waals surface area (Å²) in [5.41, 5.74) is 1.95. The van der Waals surface area contributed by atoms with Gasteiger partial charge in [-0.3, -0.25) is 4.79 Å². The van der Waals surface area contributed by atoms with Crippen LogP contribution < -0.4 is 4.90 Å². The van der Waals surface area contributed by atoms with Gasteiger partial charge >= 0.3 is 0 Å². The first-order chi connectivity index (χ1) is 15.1. The lowest BCUT2D eigenvalue weighted by Crippen LogP contribution is -2.47. The first-order valence-electron chi connectivity index (χ1n) is 10.6. The van der Waals surface area contributed by atoms with E-state index in [2.05, 4.69) is 24.1 Å². The van der Waals surface area contributed by atoms with Crippen LogP contribution in [0.5, 0.6) is 0 Å². The number of hydrogen-bond donors (Lipinski definition) is 0. The second-order valence-corrected chi connectivity index (χ2v) is 7.68. The van der Waals surface area contributed by atoms with Crippen LogP contribution in [0.1, 0.15) is 38.2 Å². The maximum atomic E-state index is 13.9. The number of ether oxygens (including phenoxy) is 1. The molecule has 31 heavy (non-hydrogen) atoms. The molecule has 1 amide bonds. The van der Waals surface area contributed by atoms with Crippen molar-refractivity contribution in [3.05, 3.63) is 84.2 Å². The van der Waals surface area contributed by atoms with E-state index in [0.29, 0.717) is 18.5 Å². The molecule has 2 aromatic carbocycles. The molecule has 160 valence electrons. The third kappa shape index (κ3) is 5.93. The maximum absolute atomic E-state index is 13.9. The summed E-state index contributed by atoms with van der Waals surface area (Å²) < 4.78 is 20.0. The SMILES string of the molecule is C#CCOC1(CN(C(=O)CCCC)c2cccc(F)c2)C=CC(c2ccccc2)=CC1. The minimum absolute atomic E-state index is 0.0534. The molecule has 3 rings (SSSR count). The van der Waals surface area contributed by atoms with Crippen LogP contribution in [0.2, 0.25) is 0 Å². The Morgan fingerprint density at radius 1 is 1.23 bits per heavy atom. The van der Waals surface area contributed by atoms with Crippen molar-refractivity contribution in [2.75, 3.05) is 18.1 Å². The number of hydrogen-bond acceptors (Lipinski definition) is 2. The van der Waals surface area contributed by atoms with Crippen LogP contribution in [0.4, 0.5) is 10.1 Å². The van der Waals surface area contributed by atoms with Crippen molar-refractivity contribution >= 4 is 17.2 Å². The summed E-state index contributed by atoms with van der Waals surface area (Å²) in [6, 6.07) is 16.2. The fraction of sp³-hybridized carbons (Fsp3) is 0.296. The number of rotatable bonds is 9. The van der Waals surface area contributed by atoms with Gasteiger partial charge in [-0.05, 0) is 35.8 Å². The molecule has 0 bridgehead atoms. The average molecular weight is 418 g/mol. The Hall–Kier alpha value is -3.16. The highest BCUT2D eigenvalue weighted by molar-refractivity contribution is 5.93. The van der Waals surface area contributed by atoms with E-state index in [4.69, 9.17) is 11.2 Å². The van der Waals surface area contributed by atoms with Crippen molar-refractivity contribution in [3.8, 4) is 12.3 Å². The van der Waals surface area contributed by atoms with Gasteiger partial charge in [0.2, 0.25) is 5.91 Å². The lowest BCUT2D eigenvalue weighted by Gasteiger charge is -2.37. The van der Waals surface area contributed by atoms with Crippen LogP contribution in [-0.2, 0) is 9.53 Å². The molecule has 1 aliphatic rings. The first kappa shape index (κ1) is 22.5. The maximum Gasteiger partial charge on any atom is 0.227 e. The molecule has 1 atom stereocenters. The van der Waals surface area contributed by atoms with E-state index in [1.54, 1.807) is 17.0 Å². The van der Waals surface area contributed by atoms with Gasteiger partial charge in [-0.15, -0.1) is 6.42 Å². The lowest BCUT2D eigenvalue weighted by atomic mass is 9.88. The number of carbonyl (C=O) groups is 1. The number of halogens is 1. The van der Waals surface area contributed by atoms with Gasteiger partial charge in [-0.1, -0.05) is 73.9 Å². The van der Waals surface area contributed by atoms with Gasteiger partial charge in [-0.2, -0.15) is 0 Å². The molecule has 0 aliphatic heterocycles. The Balaban J connectivity index is 1.89. The van der Waals surface area contributed by atoms with E-state index < -0.39 is 5.60 Å². The molecule has 1 unspecified atom stereocenters. The van der Waals surface area contributed by atoms with Gasteiger partial charge in [0.1, 0.15) is 18.0 Å².